The number of piperidine rings is 1. The molecule has 1 aliphatic carbocycles. The van der Waals surface area contributed by atoms with Crippen molar-refractivity contribution < 1.29 is 19.3 Å². The van der Waals surface area contributed by atoms with Gasteiger partial charge >= 0.3 is 0 Å². The molecule has 1 aromatic carbocycles. The first-order valence-electron chi connectivity index (χ1n) is 8.39. The third kappa shape index (κ3) is 2.76. The summed E-state index contributed by atoms with van der Waals surface area (Å²) in [6.07, 6.45) is 5.03. The van der Waals surface area contributed by atoms with Crippen molar-refractivity contribution in [2.75, 3.05) is 27.9 Å². The van der Waals surface area contributed by atoms with Gasteiger partial charge in [0.15, 0.2) is 11.5 Å². The Hall–Kier alpha value is -1.46. The van der Waals surface area contributed by atoms with E-state index >= 15 is 0 Å². The van der Waals surface area contributed by atoms with Crippen molar-refractivity contribution in [1.82, 2.24) is 5.32 Å². The van der Waals surface area contributed by atoms with Gasteiger partial charge in [0.2, 0.25) is 5.75 Å². The van der Waals surface area contributed by atoms with Gasteiger partial charge in [-0.1, -0.05) is 12.8 Å². The zero-order valence-electron chi connectivity index (χ0n) is 14.2. The average molecular weight is 321 g/mol. The summed E-state index contributed by atoms with van der Waals surface area (Å²) >= 11 is 0. The summed E-state index contributed by atoms with van der Waals surface area (Å²) in [6, 6.07) is 4.01. The van der Waals surface area contributed by atoms with Crippen LogP contribution < -0.4 is 19.5 Å². The van der Waals surface area contributed by atoms with Gasteiger partial charge in [0.25, 0.3) is 0 Å². The molecule has 0 unspecified atom stereocenters. The van der Waals surface area contributed by atoms with Gasteiger partial charge in [-0.25, -0.2) is 0 Å². The SMILES string of the molecule is COc1ccc([C@H]2NCC[C@]3(O)CCCC[C@@H]23)c(OC)c1OC. The zero-order chi connectivity index (χ0) is 16.4. The lowest BCUT2D eigenvalue weighted by Crippen LogP contribution is -2.53. The molecule has 1 aromatic rings. The predicted molar refractivity (Wildman–Crippen MR) is 88.4 cm³/mol. The van der Waals surface area contributed by atoms with Crippen LogP contribution in [0.15, 0.2) is 12.1 Å². The molecule has 0 amide bonds. The van der Waals surface area contributed by atoms with Crippen molar-refractivity contribution in [2.24, 2.45) is 5.92 Å². The number of aliphatic hydroxyl groups is 1. The molecule has 1 saturated heterocycles. The van der Waals surface area contributed by atoms with E-state index in [1.54, 1.807) is 21.3 Å². The minimum atomic E-state index is -0.563. The molecule has 0 aromatic heterocycles. The quantitative estimate of drug-likeness (QED) is 0.893. The maximum absolute atomic E-state index is 11.1. The molecule has 2 N–H and O–H groups in total. The smallest absolute Gasteiger partial charge is 0.203 e. The summed E-state index contributed by atoms with van der Waals surface area (Å²) in [5, 5.41) is 14.7. The van der Waals surface area contributed by atoms with Crippen LogP contribution >= 0.6 is 0 Å². The highest BCUT2D eigenvalue weighted by Crippen LogP contribution is 2.50. The molecule has 3 rings (SSSR count). The van der Waals surface area contributed by atoms with Crippen LogP contribution in [-0.4, -0.2) is 38.6 Å². The second kappa shape index (κ2) is 6.57. The highest BCUT2D eigenvalue weighted by atomic mass is 16.5. The van der Waals surface area contributed by atoms with Gasteiger partial charge in [-0.05, 0) is 37.9 Å². The van der Waals surface area contributed by atoms with Crippen LogP contribution in [0.4, 0.5) is 0 Å². The number of benzene rings is 1. The topological polar surface area (TPSA) is 60.0 Å². The molecule has 5 heteroatoms. The molecule has 0 bridgehead atoms. The van der Waals surface area contributed by atoms with Crippen molar-refractivity contribution in [3.05, 3.63) is 17.7 Å². The van der Waals surface area contributed by atoms with Crippen LogP contribution in [-0.2, 0) is 0 Å². The Bertz CT molecular complexity index is 558. The minimum Gasteiger partial charge on any atom is -0.493 e. The van der Waals surface area contributed by atoms with Gasteiger partial charge in [0, 0.05) is 17.5 Å². The molecule has 1 aliphatic heterocycles. The van der Waals surface area contributed by atoms with Crippen LogP contribution in [0.5, 0.6) is 17.2 Å². The van der Waals surface area contributed by atoms with Crippen molar-refractivity contribution >= 4 is 0 Å². The summed E-state index contributed by atoms with van der Waals surface area (Å²) < 4.78 is 16.5. The number of rotatable bonds is 4. The van der Waals surface area contributed by atoms with E-state index in [2.05, 4.69) is 5.32 Å². The van der Waals surface area contributed by atoms with Crippen molar-refractivity contribution in [2.45, 2.75) is 43.7 Å². The second-order valence-electron chi connectivity index (χ2n) is 6.56. The molecule has 2 aliphatic rings. The van der Waals surface area contributed by atoms with Gasteiger partial charge < -0.3 is 24.6 Å². The Morgan fingerprint density at radius 3 is 2.52 bits per heavy atom. The monoisotopic (exact) mass is 321 g/mol. The van der Waals surface area contributed by atoms with Crippen LogP contribution in [0.3, 0.4) is 0 Å². The fraction of sp³-hybridized carbons (Fsp3) is 0.667. The first kappa shape index (κ1) is 16.4. The molecule has 0 spiro atoms. The Balaban J connectivity index is 2.03. The highest BCUT2D eigenvalue weighted by Gasteiger charge is 2.46. The second-order valence-corrected chi connectivity index (χ2v) is 6.56. The molecule has 5 nitrogen and oxygen atoms in total. The van der Waals surface area contributed by atoms with Crippen LogP contribution in [0.1, 0.15) is 43.7 Å². The lowest BCUT2D eigenvalue weighted by Gasteiger charge is -2.48. The van der Waals surface area contributed by atoms with Gasteiger partial charge in [0.1, 0.15) is 0 Å². The van der Waals surface area contributed by atoms with Gasteiger partial charge in [-0.15, -0.1) is 0 Å². The van der Waals surface area contributed by atoms with Gasteiger partial charge in [-0.3, -0.25) is 0 Å². The number of nitrogens with one attached hydrogen (secondary N) is 1. The van der Waals surface area contributed by atoms with Crippen LogP contribution in [0.2, 0.25) is 0 Å². The van der Waals surface area contributed by atoms with E-state index in [9.17, 15) is 5.11 Å². The third-order valence-electron chi connectivity index (χ3n) is 5.46. The molecule has 1 saturated carbocycles. The number of fused-ring (bicyclic) bond motifs is 1. The molecule has 1 heterocycles. The third-order valence-corrected chi connectivity index (χ3v) is 5.46. The standard InChI is InChI=1S/C18H27NO4/c1-21-14-8-7-12(16(22-2)17(14)23-3)15-13-6-4-5-9-18(13,20)10-11-19-15/h7-8,13,15,19-20H,4-6,9-11H2,1-3H3/t13-,15+,18+/m0/s1. The van der Waals surface area contributed by atoms with Crippen LogP contribution in [0.25, 0.3) is 0 Å². The first-order valence-corrected chi connectivity index (χ1v) is 8.39. The summed E-state index contributed by atoms with van der Waals surface area (Å²) in [7, 11) is 4.89. The van der Waals surface area contributed by atoms with E-state index in [0.29, 0.717) is 17.2 Å². The summed E-state index contributed by atoms with van der Waals surface area (Å²) in [4.78, 5) is 0. The molecule has 0 radical (unpaired) electrons. The fourth-order valence-electron chi connectivity index (χ4n) is 4.32. The lowest BCUT2D eigenvalue weighted by atomic mass is 9.66. The largest absolute Gasteiger partial charge is 0.493 e. The maximum atomic E-state index is 11.1. The Morgan fingerprint density at radius 2 is 1.83 bits per heavy atom. The number of hydrogen-bond acceptors (Lipinski definition) is 5. The Kier molecular flexibility index (Phi) is 4.69. The van der Waals surface area contributed by atoms with E-state index in [1.165, 1.54) is 6.42 Å². The lowest BCUT2D eigenvalue weighted by molar-refractivity contribution is -0.0863. The van der Waals surface area contributed by atoms with E-state index in [-0.39, 0.29) is 12.0 Å². The average Bonchev–Trinajstić information content (AvgIpc) is 2.59. The first-order chi connectivity index (χ1) is 11.1. The number of ether oxygens (including phenoxy) is 3. The molecule has 3 atom stereocenters. The molecule has 23 heavy (non-hydrogen) atoms. The normalized spacial score (nSPS) is 30.4. The van der Waals surface area contributed by atoms with Crippen molar-refractivity contribution in [1.29, 1.82) is 0 Å². The van der Waals surface area contributed by atoms with Gasteiger partial charge in [0.05, 0.1) is 26.9 Å². The molecule has 128 valence electrons. The fourth-order valence-corrected chi connectivity index (χ4v) is 4.32. The molecule has 2 fully saturated rings. The van der Waals surface area contributed by atoms with E-state index < -0.39 is 5.60 Å². The summed E-state index contributed by atoms with van der Waals surface area (Å²) in [5.41, 5.74) is 0.474. The zero-order valence-corrected chi connectivity index (χ0v) is 14.2. The number of methoxy groups -OCH3 is 3. The molecular formula is C18H27NO4. The summed E-state index contributed by atoms with van der Waals surface area (Å²) in [5.74, 6) is 2.17. The Morgan fingerprint density at radius 1 is 1.04 bits per heavy atom. The minimum absolute atomic E-state index is 0.0730. The van der Waals surface area contributed by atoms with Gasteiger partial charge in [-0.2, -0.15) is 0 Å². The molecular weight excluding hydrogens is 294 g/mol. The predicted octanol–water partition coefficient (Wildman–Crippen LogP) is 2.67. The maximum Gasteiger partial charge on any atom is 0.203 e. The van der Waals surface area contributed by atoms with Crippen molar-refractivity contribution in [3.8, 4) is 17.2 Å². The van der Waals surface area contributed by atoms with Crippen LogP contribution in [0, 0.1) is 5.92 Å². The van der Waals surface area contributed by atoms with E-state index in [1.807, 2.05) is 12.1 Å². The van der Waals surface area contributed by atoms with E-state index in [4.69, 9.17) is 14.2 Å². The highest BCUT2D eigenvalue weighted by molar-refractivity contribution is 5.57. The van der Waals surface area contributed by atoms with E-state index in [0.717, 1.165) is 37.8 Å². The Labute approximate surface area is 137 Å². The van der Waals surface area contributed by atoms with Crippen molar-refractivity contribution in [3.63, 3.8) is 0 Å². The number of hydrogen-bond donors (Lipinski definition) is 2. The summed E-state index contributed by atoms with van der Waals surface area (Å²) in [6.45, 7) is 0.815.